The van der Waals surface area contributed by atoms with Crippen LogP contribution in [0.5, 0.6) is 5.88 Å². The summed E-state index contributed by atoms with van der Waals surface area (Å²) < 4.78 is 5.22. The lowest BCUT2D eigenvalue weighted by atomic mass is 9.87. The van der Waals surface area contributed by atoms with Gasteiger partial charge in [-0.2, -0.15) is 0 Å². The molecule has 0 aliphatic carbocycles. The van der Waals surface area contributed by atoms with Gasteiger partial charge in [0.1, 0.15) is 0 Å². The quantitative estimate of drug-likeness (QED) is 0.894. The number of fused-ring (bicyclic) bond motifs is 1. The molecule has 0 radical (unpaired) electrons. The molecule has 2 unspecified atom stereocenters. The monoisotopic (exact) mass is 254 g/mol. The van der Waals surface area contributed by atoms with Crippen LogP contribution >= 0.6 is 0 Å². The van der Waals surface area contributed by atoms with Gasteiger partial charge >= 0.3 is 0 Å². The van der Waals surface area contributed by atoms with Crippen LogP contribution in [0.3, 0.4) is 0 Å². The van der Waals surface area contributed by atoms with Crippen LogP contribution in [0.2, 0.25) is 0 Å². The average Bonchev–Trinajstić information content (AvgIpc) is 2.72. The first-order chi connectivity index (χ1) is 9.15. The van der Waals surface area contributed by atoms with E-state index in [0.29, 0.717) is 5.88 Å². The molecule has 98 valence electrons. The van der Waals surface area contributed by atoms with Gasteiger partial charge in [0.15, 0.2) is 0 Å². The summed E-state index contributed by atoms with van der Waals surface area (Å²) in [4.78, 5) is 4.59. The second kappa shape index (κ2) is 4.35. The molecule has 2 atom stereocenters. The highest BCUT2D eigenvalue weighted by molar-refractivity contribution is 5.46. The van der Waals surface area contributed by atoms with Gasteiger partial charge in [-0.3, -0.25) is 5.32 Å². The van der Waals surface area contributed by atoms with Crippen molar-refractivity contribution in [3.8, 4) is 5.88 Å². The lowest BCUT2D eigenvalue weighted by Gasteiger charge is -2.27. The maximum Gasteiger partial charge on any atom is 0.213 e. The molecule has 3 heteroatoms. The molecule has 0 amide bonds. The number of aromatic nitrogens is 1. The Labute approximate surface area is 113 Å². The highest BCUT2D eigenvalue weighted by atomic mass is 16.5. The molecule has 0 saturated heterocycles. The number of hydrogen-bond acceptors (Lipinski definition) is 3. The van der Waals surface area contributed by atoms with E-state index in [1.54, 1.807) is 7.11 Å². The van der Waals surface area contributed by atoms with Crippen molar-refractivity contribution in [2.24, 2.45) is 0 Å². The molecule has 2 aromatic rings. The predicted molar refractivity (Wildman–Crippen MR) is 75.2 cm³/mol. The number of methoxy groups -OCH3 is 1. The molecule has 1 aromatic carbocycles. The van der Waals surface area contributed by atoms with Crippen molar-refractivity contribution in [3.05, 3.63) is 59.3 Å². The van der Waals surface area contributed by atoms with E-state index in [9.17, 15) is 0 Å². The number of rotatable bonds is 2. The first kappa shape index (κ1) is 12.2. The van der Waals surface area contributed by atoms with Gasteiger partial charge in [-0.25, -0.2) is 4.98 Å². The summed E-state index contributed by atoms with van der Waals surface area (Å²) in [5, 5.41) is 3.65. The third-order valence-electron chi connectivity index (χ3n) is 3.91. The number of pyridine rings is 1. The van der Waals surface area contributed by atoms with Crippen molar-refractivity contribution in [1.29, 1.82) is 0 Å². The van der Waals surface area contributed by atoms with Gasteiger partial charge in [-0.05, 0) is 31.0 Å². The maximum atomic E-state index is 5.22. The van der Waals surface area contributed by atoms with Gasteiger partial charge in [0.2, 0.25) is 5.88 Å². The van der Waals surface area contributed by atoms with Crippen molar-refractivity contribution >= 4 is 0 Å². The predicted octanol–water partition coefficient (Wildman–Crippen LogP) is 3.02. The van der Waals surface area contributed by atoms with Crippen LogP contribution in [0, 0.1) is 0 Å². The highest BCUT2D eigenvalue weighted by Gasteiger charge is 2.40. The minimum atomic E-state index is -0.185. The Morgan fingerprint density at radius 2 is 1.89 bits per heavy atom. The largest absolute Gasteiger partial charge is 0.481 e. The van der Waals surface area contributed by atoms with E-state index >= 15 is 0 Å². The molecule has 2 heterocycles. The fraction of sp³-hybridized carbons (Fsp3) is 0.312. The van der Waals surface area contributed by atoms with Crippen molar-refractivity contribution < 1.29 is 4.74 Å². The fourth-order valence-electron chi connectivity index (χ4n) is 2.91. The topological polar surface area (TPSA) is 34.1 Å². The number of nitrogens with one attached hydrogen (secondary N) is 1. The van der Waals surface area contributed by atoms with Crippen molar-refractivity contribution in [2.45, 2.75) is 25.4 Å². The Morgan fingerprint density at radius 1 is 1.16 bits per heavy atom. The van der Waals surface area contributed by atoms with E-state index in [-0.39, 0.29) is 11.6 Å². The molecule has 0 saturated carbocycles. The van der Waals surface area contributed by atoms with Gasteiger partial charge in [-0.15, -0.1) is 0 Å². The zero-order valence-corrected chi connectivity index (χ0v) is 11.5. The first-order valence-electron chi connectivity index (χ1n) is 6.54. The lowest BCUT2D eigenvalue weighted by molar-refractivity contribution is 0.395. The van der Waals surface area contributed by atoms with Crippen LogP contribution in [0.4, 0.5) is 0 Å². The molecule has 1 aliphatic rings. The molecule has 3 nitrogen and oxygen atoms in total. The summed E-state index contributed by atoms with van der Waals surface area (Å²) >= 11 is 0. The van der Waals surface area contributed by atoms with Gasteiger partial charge in [-0.1, -0.05) is 30.3 Å². The summed E-state index contributed by atoms with van der Waals surface area (Å²) in [6.07, 6.45) is 0. The van der Waals surface area contributed by atoms with E-state index in [0.717, 1.165) is 5.69 Å². The molecule has 1 aliphatic heterocycles. The summed E-state index contributed by atoms with van der Waals surface area (Å²) in [7, 11) is 1.65. The van der Waals surface area contributed by atoms with E-state index in [4.69, 9.17) is 4.74 Å². The first-order valence-corrected chi connectivity index (χ1v) is 6.54. The van der Waals surface area contributed by atoms with E-state index < -0.39 is 0 Å². The van der Waals surface area contributed by atoms with Crippen LogP contribution in [0.25, 0.3) is 0 Å². The van der Waals surface area contributed by atoms with Crippen molar-refractivity contribution in [3.63, 3.8) is 0 Å². The minimum Gasteiger partial charge on any atom is -0.481 e. The third-order valence-corrected chi connectivity index (χ3v) is 3.91. The average molecular weight is 254 g/mol. The summed E-state index contributed by atoms with van der Waals surface area (Å²) in [5.41, 5.74) is 3.38. The molecule has 1 N–H and O–H groups in total. The summed E-state index contributed by atoms with van der Waals surface area (Å²) in [6, 6.07) is 14.8. The molecule has 0 bridgehead atoms. The highest BCUT2D eigenvalue weighted by Crippen LogP contribution is 2.41. The number of hydrogen-bond donors (Lipinski definition) is 1. The van der Waals surface area contributed by atoms with Crippen LogP contribution in [0.15, 0.2) is 42.5 Å². The standard InChI is InChI=1S/C16H18N2O/c1-11-15-13(9-10-14(17-15)19-3)16(2,18-11)12-7-5-4-6-8-12/h4-11,18H,1-3H3. The van der Waals surface area contributed by atoms with Crippen LogP contribution in [0.1, 0.15) is 36.7 Å². The minimum absolute atomic E-state index is 0.185. The molecule has 19 heavy (non-hydrogen) atoms. The Hall–Kier alpha value is -1.87. The SMILES string of the molecule is COc1ccc2c(n1)C(C)NC2(C)c1ccccc1. The summed E-state index contributed by atoms with van der Waals surface area (Å²) in [6.45, 7) is 4.35. The zero-order valence-electron chi connectivity index (χ0n) is 11.5. The molecule has 0 spiro atoms. The Bertz CT molecular complexity index is 597. The molecular formula is C16H18N2O. The van der Waals surface area contributed by atoms with Crippen LogP contribution < -0.4 is 10.1 Å². The fourth-order valence-corrected chi connectivity index (χ4v) is 2.91. The Kier molecular flexibility index (Phi) is 2.79. The third kappa shape index (κ3) is 1.81. The Morgan fingerprint density at radius 3 is 2.58 bits per heavy atom. The molecule has 0 fully saturated rings. The van der Waals surface area contributed by atoms with Crippen molar-refractivity contribution in [2.75, 3.05) is 7.11 Å². The second-order valence-electron chi connectivity index (χ2n) is 5.14. The lowest BCUT2D eigenvalue weighted by Crippen LogP contribution is -2.35. The van der Waals surface area contributed by atoms with Crippen LogP contribution in [-0.4, -0.2) is 12.1 Å². The van der Waals surface area contributed by atoms with Crippen LogP contribution in [-0.2, 0) is 5.54 Å². The van der Waals surface area contributed by atoms with Gasteiger partial charge in [0.25, 0.3) is 0 Å². The van der Waals surface area contributed by atoms with E-state index in [2.05, 4.69) is 54.5 Å². The molecule has 3 rings (SSSR count). The van der Waals surface area contributed by atoms with Gasteiger partial charge in [0.05, 0.1) is 18.3 Å². The number of ether oxygens (including phenoxy) is 1. The van der Waals surface area contributed by atoms with E-state index in [1.165, 1.54) is 11.1 Å². The normalized spacial score (nSPS) is 25.1. The summed E-state index contributed by atoms with van der Waals surface area (Å²) in [5.74, 6) is 0.671. The van der Waals surface area contributed by atoms with E-state index in [1.807, 2.05) is 12.1 Å². The Balaban J connectivity index is 2.14. The smallest absolute Gasteiger partial charge is 0.213 e. The number of nitrogens with zero attached hydrogens (tertiary/aromatic N) is 1. The number of benzene rings is 1. The molecular weight excluding hydrogens is 236 g/mol. The van der Waals surface area contributed by atoms with Gasteiger partial charge < -0.3 is 4.74 Å². The maximum absolute atomic E-state index is 5.22. The second-order valence-corrected chi connectivity index (χ2v) is 5.14. The van der Waals surface area contributed by atoms with Gasteiger partial charge in [0, 0.05) is 12.1 Å². The zero-order chi connectivity index (χ0) is 13.5. The molecule has 1 aromatic heterocycles. The van der Waals surface area contributed by atoms with Crippen molar-refractivity contribution in [1.82, 2.24) is 10.3 Å².